The van der Waals surface area contributed by atoms with Gasteiger partial charge in [-0.15, -0.1) is 0 Å². The summed E-state index contributed by atoms with van der Waals surface area (Å²) >= 11 is 0. The third kappa shape index (κ3) is 3.42. The number of rotatable bonds is 4. The van der Waals surface area contributed by atoms with Crippen molar-refractivity contribution in [1.82, 2.24) is 4.57 Å². The molecule has 1 heterocycles. The highest BCUT2D eigenvalue weighted by Crippen LogP contribution is 2.31. The molecule has 0 saturated heterocycles. The van der Waals surface area contributed by atoms with Crippen molar-refractivity contribution in [2.24, 2.45) is 7.05 Å². The van der Waals surface area contributed by atoms with Gasteiger partial charge in [-0.05, 0) is 65.4 Å². The van der Waals surface area contributed by atoms with E-state index in [1.807, 2.05) is 0 Å². The van der Waals surface area contributed by atoms with Gasteiger partial charge in [0, 0.05) is 0 Å². The maximum atomic E-state index is 2.40. The second-order valence-electron chi connectivity index (χ2n) is 8.85. The predicted molar refractivity (Wildman–Crippen MR) is 134 cm³/mol. The van der Waals surface area contributed by atoms with Gasteiger partial charge in [-0.1, -0.05) is 80.6 Å². The quantitative estimate of drug-likeness (QED) is 0.273. The van der Waals surface area contributed by atoms with Crippen LogP contribution in [0.5, 0.6) is 0 Å². The van der Waals surface area contributed by atoms with Gasteiger partial charge in [0.05, 0.1) is 12.6 Å². The van der Waals surface area contributed by atoms with Crippen LogP contribution in [0.2, 0.25) is 0 Å². The molecule has 2 nitrogen and oxygen atoms in total. The fourth-order valence-corrected chi connectivity index (χ4v) is 4.56. The number of imidazole rings is 1. The van der Waals surface area contributed by atoms with Crippen molar-refractivity contribution in [3.05, 3.63) is 108 Å². The smallest absolute Gasteiger partial charge is 0.225 e. The highest BCUT2D eigenvalue weighted by atomic mass is 15.2. The number of fused-ring (bicyclic) bond motifs is 1. The maximum absolute atomic E-state index is 2.40. The molecule has 0 atom stereocenters. The molecule has 0 saturated carbocycles. The van der Waals surface area contributed by atoms with Gasteiger partial charge >= 0.3 is 0 Å². The Morgan fingerprint density at radius 2 is 1.38 bits per heavy atom. The third-order valence-electron chi connectivity index (χ3n) is 6.42. The van der Waals surface area contributed by atoms with Crippen LogP contribution in [0.3, 0.4) is 0 Å². The van der Waals surface area contributed by atoms with E-state index in [-0.39, 0.29) is 0 Å². The summed E-state index contributed by atoms with van der Waals surface area (Å²) in [7, 11) is 2.18. The minimum Gasteiger partial charge on any atom is -0.225 e. The lowest BCUT2D eigenvalue weighted by Gasteiger charge is -2.07. The first kappa shape index (κ1) is 20.3. The Labute approximate surface area is 190 Å². The molecule has 0 amide bonds. The average Bonchev–Trinajstić information content (AvgIpc) is 3.11. The van der Waals surface area contributed by atoms with Gasteiger partial charge < -0.3 is 0 Å². The molecule has 5 rings (SSSR count). The van der Waals surface area contributed by atoms with Gasteiger partial charge in [-0.25, -0.2) is 4.57 Å². The number of hydrogen-bond donors (Lipinski definition) is 0. The number of benzene rings is 4. The summed E-state index contributed by atoms with van der Waals surface area (Å²) < 4.78 is 4.74. The van der Waals surface area contributed by atoms with E-state index in [2.05, 4.69) is 134 Å². The Balaban J connectivity index is 1.76. The van der Waals surface area contributed by atoms with E-state index in [9.17, 15) is 0 Å². The number of aromatic nitrogens is 2. The van der Waals surface area contributed by atoms with Crippen molar-refractivity contribution >= 4 is 11.0 Å². The van der Waals surface area contributed by atoms with Gasteiger partial charge in [0.1, 0.15) is 5.69 Å². The molecule has 1 aromatic heterocycles. The Hall–Kier alpha value is -3.65. The van der Waals surface area contributed by atoms with Crippen LogP contribution in [0.4, 0.5) is 0 Å². The molecule has 0 aliphatic heterocycles. The van der Waals surface area contributed by atoms with Crippen LogP contribution in [-0.4, -0.2) is 4.57 Å². The predicted octanol–water partition coefficient (Wildman–Crippen LogP) is 7.22. The molecule has 0 spiro atoms. The van der Waals surface area contributed by atoms with E-state index in [0.29, 0.717) is 5.92 Å². The average molecular weight is 418 g/mol. The Morgan fingerprint density at radius 3 is 2.06 bits per heavy atom. The minimum absolute atomic E-state index is 0.495. The molecule has 0 unspecified atom stereocenters. The minimum atomic E-state index is 0.495. The summed E-state index contributed by atoms with van der Waals surface area (Å²) in [6.07, 6.45) is 0. The normalized spacial score (nSPS) is 11.4. The lowest BCUT2D eigenvalue weighted by atomic mass is 10.0. The Bertz CT molecular complexity index is 1390. The molecule has 32 heavy (non-hydrogen) atoms. The first-order chi connectivity index (χ1) is 15.5. The largest absolute Gasteiger partial charge is 0.295 e. The van der Waals surface area contributed by atoms with Gasteiger partial charge in [0.2, 0.25) is 0 Å². The zero-order valence-corrected chi connectivity index (χ0v) is 19.2. The molecule has 0 aliphatic carbocycles. The number of nitrogens with zero attached hydrogens (tertiary/aromatic N) is 2. The summed E-state index contributed by atoms with van der Waals surface area (Å²) in [6, 6.07) is 35.0. The van der Waals surface area contributed by atoms with E-state index < -0.39 is 0 Å². The zero-order chi connectivity index (χ0) is 22.2. The fraction of sp³-hybridized carbons (Fsp3) is 0.167. The van der Waals surface area contributed by atoms with E-state index in [0.717, 1.165) is 0 Å². The Morgan fingerprint density at radius 1 is 0.719 bits per heavy atom. The molecular weight excluding hydrogens is 388 g/mol. The van der Waals surface area contributed by atoms with Gasteiger partial charge in [0.15, 0.2) is 11.0 Å². The van der Waals surface area contributed by atoms with Crippen LogP contribution >= 0.6 is 0 Å². The first-order valence-electron chi connectivity index (χ1n) is 11.3. The molecule has 0 bridgehead atoms. The fourth-order valence-electron chi connectivity index (χ4n) is 4.56. The van der Waals surface area contributed by atoms with Crippen LogP contribution in [0.1, 0.15) is 30.9 Å². The molecule has 5 aromatic rings. The summed E-state index contributed by atoms with van der Waals surface area (Å²) in [6.45, 7) is 6.70. The van der Waals surface area contributed by atoms with Crippen molar-refractivity contribution in [1.29, 1.82) is 0 Å². The van der Waals surface area contributed by atoms with E-state index in [4.69, 9.17) is 0 Å². The summed E-state index contributed by atoms with van der Waals surface area (Å²) in [4.78, 5) is 0. The second kappa shape index (κ2) is 8.12. The maximum Gasteiger partial charge on any atom is 0.295 e. The van der Waals surface area contributed by atoms with E-state index in [1.54, 1.807) is 0 Å². The number of aryl methyl sites for hydroxylation is 2. The zero-order valence-electron chi connectivity index (χ0n) is 19.2. The SMILES string of the molecule is Cc1ccccc1-c1n(-c2ccc(-c3ccccc3)cc2)c2ccc(C(C)C)cc2[n+]1C. The van der Waals surface area contributed by atoms with Crippen molar-refractivity contribution in [2.75, 3.05) is 0 Å². The van der Waals surface area contributed by atoms with Crippen molar-refractivity contribution in [3.8, 4) is 28.2 Å². The van der Waals surface area contributed by atoms with Gasteiger partial charge in [-0.3, -0.25) is 0 Å². The highest BCUT2D eigenvalue weighted by molar-refractivity contribution is 5.80. The van der Waals surface area contributed by atoms with Crippen LogP contribution < -0.4 is 4.57 Å². The van der Waals surface area contributed by atoms with Crippen molar-refractivity contribution in [2.45, 2.75) is 26.7 Å². The molecule has 0 N–H and O–H groups in total. The van der Waals surface area contributed by atoms with Gasteiger partial charge in [-0.2, -0.15) is 4.57 Å². The van der Waals surface area contributed by atoms with E-state index >= 15 is 0 Å². The van der Waals surface area contributed by atoms with E-state index in [1.165, 1.54) is 50.4 Å². The van der Waals surface area contributed by atoms with Crippen LogP contribution in [0.15, 0.2) is 97.1 Å². The standard InChI is InChI=1S/C30H29N2/c1-21(2)25-16-19-28-29(20-25)31(4)30(27-13-9-8-10-22(27)3)32(28)26-17-14-24(15-18-26)23-11-6-5-7-12-23/h5-21H,1-4H3/q+1. The monoisotopic (exact) mass is 417 g/mol. The van der Waals surface area contributed by atoms with Gasteiger partial charge in [0.25, 0.3) is 5.82 Å². The molecule has 158 valence electrons. The molecule has 0 radical (unpaired) electrons. The molecule has 0 fully saturated rings. The first-order valence-corrected chi connectivity index (χ1v) is 11.3. The van der Waals surface area contributed by atoms with Crippen molar-refractivity contribution < 1.29 is 4.57 Å². The number of hydrogen-bond acceptors (Lipinski definition) is 0. The van der Waals surface area contributed by atoms with Crippen LogP contribution in [-0.2, 0) is 7.05 Å². The second-order valence-corrected chi connectivity index (χ2v) is 8.85. The highest BCUT2D eigenvalue weighted by Gasteiger charge is 2.27. The lowest BCUT2D eigenvalue weighted by Crippen LogP contribution is -2.30. The van der Waals surface area contributed by atoms with Crippen LogP contribution in [0.25, 0.3) is 39.2 Å². The van der Waals surface area contributed by atoms with Crippen molar-refractivity contribution in [3.63, 3.8) is 0 Å². The molecular formula is C30H29N2+. The molecule has 2 heteroatoms. The topological polar surface area (TPSA) is 8.81 Å². The Kier molecular flexibility index (Phi) is 5.14. The molecule has 4 aromatic carbocycles. The summed E-state index contributed by atoms with van der Waals surface area (Å²) in [5.74, 6) is 1.70. The van der Waals surface area contributed by atoms with Crippen LogP contribution in [0, 0.1) is 6.92 Å². The summed E-state index contributed by atoms with van der Waals surface area (Å²) in [5.41, 5.74) is 10.0. The summed E-state index contributed by atoms with van der Waals surface area (Å²) in [5, 5.41) is 0. The third-order valence-corrected chi connectivity index (χ3v) is 6.42. The lowest BCUT2D eigenvalue weighted by molar-refractivity contribution is -0.633. The molecule has 0 aliphatic rings.